The molecule has 0 bridgehead atoms. The van der Waals surface area contributed by atoms with Crippen LogP contribution in [-0.4, -0.2) is 89.5 Å². The Hall–Kier alpha value is -3.69. The van der Waals surface area contributed by atoms with Gasteiger partial charge in [-0.1, -0.05) is 6.07 Å². The molecule has 4 N–H and O–H groups in total. The van der Waals surface area contributed by atoms with Crippen molar-refractivity contribution in [2.24, 2.45) is 0 Å². The molecule has 262 valence electrons. The molecule has 2 aromatic carbocycles. The van der Waals surface area contributed by atoms with Gasteiger partial charge in [-0.3, -0.25) is 14.4 Å². The first-order chi connectivity index (χ1) is 23.1. The molecule has 0 radical (unpaired) electrons. The van der Waals surface area contributed by atoms with Crippen LogP contribution in [0.2, 0.25) is 0 Å². The van der Waals surface area contributed by atoms with E-state index in [0.29, 0.717) is 12.8 Å². The normalized spacial score (nSPS) is 35.7. The highest BCUT2D eigenvalue weighted by Gasteiger charge is 2.54. The first-order valence-electron chi connectivity index (χ1n) is 16.5. The second kappa shape index (κ2) is 11.7. The van der Waals surface area contributed by atoms with Gasteiger partial charge in [-0.25, -0.2) is 0 Å². The summed E-state index contributed by atoms with van der Waals surface area (Å²) >= 11 is 0. The van der Waals surface area contributed by atoms with Crippen LogP contribution in [0.1, 0.15) is 96.7 Å². The zero-order chi connectivity index (χ0) is 35.3. The quantitative estimate of drug-likeness (QED) is 0.218. The zero-order valence-electron chi connectivity index (χ0n) is 28.4. The lowest BCUT2D eigenvalue weighted by Crippen LogP contribution is -2.62. The molecule has 4 aliphatic rings. The van der Waals surface area contributed by atoms with E-state index >= 15 is 0 Å². The third-order valence-corrected chi connectivity index (χ3v) is 11.0. The van der Waals surface area contributed by atoms with Crippen molar-refractivity contribution in [2.75, 3.05) is 14.2 Å². The van der Waals surface area contributed by atoms with Gasteiger partial charge in [0.1, 0.15) is 40.5 Å². The van der Waals surface area contributed by atoms with Gasteiger partial charge in [0.05, 0.1) is 41.6 Å². The summed E-state index contributed by atoms with van der Waals surface area (Å²) in [6.45, 7) is 9.10. The predicted molar refractivity (Wildman–Crippen MR) is 173 cm³/mol. The number of likely N-dealkylation sites (N-methyl/N-ethyl adjacent to an activating group) is 1. The predicted octanol–water partition coefficient (Wildman–Crippen LogP) is 3.34. The number of carbonyl (C=O) groups is 2. The smallest absolute Gasteiger partial charge is 0.202 e. The molecule has 3 fully saturated rings. The topological polar surface area (TPSA) is 187 Å². The Morgan fingerprint density at radius 2 is 1.67 bits per heavy atom. The summed E-state index contributed by atoms with van der Waals surface area (Å²) in [5.41, 5.74) is -2.84. The van der Waals surface area contributed by atoms with Crippen LogP contribution in [0.5, 0.6) is 11.5 Å². The minimum absolute atomic E-state index is 0.0537. The molecule has 0 unspecified atom stereocenters. The Labute approximate surface area is 282 Å². The van der Waals surface area contributed by atoms with Crippen LogP contribution in [0.15, 0.2) is 33.5 Å². The molecule has 0 amide bonds. The van der Waals surface area contributed by atoms with E-state index in [9.17, 15) is 29.7 Å². The molecule has 3 aromatic rings. The number of ketones is 2. The van der Waals surface area contributed by atoms with E-state index in [1.807, 2.05) is 13.8 Å². The minimum Gasteiger partial charge on any atom is -0.507 e. The standard InChI is InChI=1S/C36H41NO12/c1-14-29(40)22(44-7)12-25(46-14)48-34-15(2)45-23(13-35(34,4)37-6)17-8-9-18-26(31(17)42)32(43)27-19(30(18)41)10-20(38)28-21(39)11-24(47-33(27)28)36(5)16(3)49-36/h8-11,14-16,22-23,25,29,34,37-38,40,42H,12-13H2,1-7H3/t14-,15+,16+,22+,23-,25-,29+,34-,35-,36+/m1/s1. The number of aliphatic hydroxyl groups is 1. The highest BCUT2D eigenvalue weighted by molar-refractivity contribution is 6.32. The van der Waals surface area contributed by atoms with Gasteiger partial charge in [0.25, 0.3) is 0 Å². The molecule has 0 spiro atoms. The van der Waals surface area contributed by atoms with Crippen molar-refractivity contribution >= 4 is 22.5 Å². The van der Waals surface area contributed by atoms with Gasteiger partial charge >= 0.3 is 0 Å². The lowest BCUT2D eigenvalue weighted by molar-refractivity contribution is -0.293. The zero-order valence-corrected chi connectivity index (χ0v) is 28.4. The summed E-state index contributed by atoms with van der Waals surface area (Å²) in [5, 5.41) is 36.1. The van der Waals surface area contributed by atoms with E-state index in [1.54, 1.807) is 33.9 Å². The number of hydrogen-bond acceptors (Lipinski definition) is 13. The van der Waals surface area contributed by atoms with Crippen LogP contribution in [0.25, 0.3) is 11.0 Å². The average Bonchev–Trinajstić information content (AvgIpc) is 3.69. The number of ether oxygens (including phenoxy) is 5. The third-order valence-electron chi connectivity index (χ3n) is 11.0. The molecule has 1 aromatic heterocycles. The monoisotopic (exact) mass is 679 g/mol. The van der Waals surface area contributed by atoms with Gasteiger partial charge < -0.3 is 48.7 Å². The maximum Gasteiger partial charge on any atom is 0.202 e. The van der Waals surface area contributed by atoms with Crippen molar-refractivity contribution in [2.45, 2.75) is 108 Å². The van der Waals surface area contributed by atoms with Crippen LogP contribution >= 0.6 is 0 Å². The van der Waals surface area contributed by atoms with Crippen molar-refractivity contribution in [3.05, 3.63) is 68.1 Å². The van der Waals surface area contributed by atoms with Gasteiger partial charge in [-0.05, 0) is 60.2 Å². The highest BCUT2D eigenvalue weighted by Crippen LogP contribution is 2.49. The third kappa shape index (κ3) is 5.13. The summed E-state index contributed by atoms with van der Waals surface area (Å²) in [4.78, 5) is 41.3. The molecule has 7 rings (SSSR count). The first kappa shape index (κ1) is 33.8. The molecule has 3 saturated heterocycles. The van der Waals surface area contributed by atoms with Crippen molar-refractivity contribution in [1.29, 1.82) is 0 Å². The summed E-state index contributed by atoms with van der Waals surface area (Å²) in [6.07, 6.45) is -3.86. The molecule has 13 heteroatoms. The van der Waals surface area contributed by atoms with Crippen molar-refractivity contribution < 1.29 is 53.0 Å². The molecule has 4 heterocycles. The Morgan fingerprint density at radius 3 is 2.33 bits per heavy atom. The highest BCUT2D eigenvalue weighted by atomic mass is 16.7. The van der Waals surface area contributed by atoms with E-state index in [4.69, 9.17) is 28.1 Å². The number of methoxy groups -OCH3 is 1. The van der Waals surface area contributed by atoms with Crippen LogP contribution in [-0.2, 0) is 29.3 Å². The number of rotatable bonds is 6. The van der Waals surface area contributed by atoms with Gasteiger partial charge in [0.2, 0.25) is 5.78 Å². The number of aliphatic hydroxyl groups excluding tert-OH is 1. The molecular formula is C36H41NO12. The van der Waals surface area contributed by atoms with Crippen LogP contribution in [0.4, 0.5) is 0 Å². The number of benzene rings is 2. The molecule has 0 saturated carbocycles. The lowest BCUT2D eigenvalue weighted by Gasteiger charge is -2.49. The summed E-state index contributed by atoms with van der Waals surface area (Å²) in [6, 6.07) is 5.33. The number of phenols is 2. The van der Waals surface area contributed by atoms with Gasteiger partial charge in [0.15, 0.2) is 23.1 Å². The first-order valence-corrected chi connectivity index (χ1v) is 16.5. The fraction of sp³-hybridized carbons (Fsp3) is 0.528. The van der Waals surface area contributed by atoms with Gasteiger partial charge in [0, 0.05) is 41.8 Å². The molecule has 13 nitrogen and oxygen atoms in total. The van der Waals surface area contributed by atoms with Gasteiger partial charge in [-0.2, -0.15) is 0 Å². The Bertz CT molecular complexity index is 1940. The number of epoxide rings is 1. The number of carbonyl (C=O) groups excluding carboxylic acids is 2. The lowest BCUT2D eigenvalue weighted by atomic mass is 9.78. The minimum atomic E-state index is -0.911. The van der Waals surface area contributed by atoms with E-state index < -0.39 is 82.5 Å². The van der Waals surface area contributed by atoms with E-state index in [1.165, 1.54) is 19.2 Å². The summed E-state index contributed by atoms with van der Waals surface area (Å²) < 4.78 is 36.0. The van der Waals surface area contributed by atoms with Crippen molar-refractivity contribution in [3.63, 3.8) is 0 Å². The SMILES string of the molecule is CN[C@]1(C)C[C@H](c2ccc3c(c2O)C(=O)c2c(cc(O)c4c(=O)cc([C@@]5(C)O[C@H]5C)oc24)C3=O)O[C@@H](C)[C@H]1O[C@@H]1C[C@H](OC)[C@@H](O)[C@@H](C)O1. The average molecular weight is 680 g/mol. The molecule has 49 heavy (non-hydrogen) atoms. The van der Waals surface area contributed by atoms with E-state index in [2.05, 4.69) is 5.32 Å². The number of phenolic OH excluding ortho intramolecular Hbond substituents is 2. The second-order valence-corrected chi connectivity index (χ2v) is 14.0. The van der Waals surface area contributed by atoms with Crippen molar-refractivity contribution in [1.82, 2.24) is 5.32 Å². The fourth-order valence-corrected chi connectivity index (χ4v) is 7.69. The molecule has 10 atom stereocenters. The summed E-state index contributed by atoms with van der Waals surface area (Å²) in [5.74, 6) is -2.12. The van der Waals surface area contributed by atoms with Crippen LogP contribution in [0.3, 0.4) is 0 Å². The largest absolute Gasteiger partial charge is 0.507 e. The summed E-state index contributed by atoms with van der Waals surface area (Å²) in [7, 11) is 3.32. The molecule has 1 aliphatic carbocycles. The Balaban J connectivity index is 1.24. The number of hydrogen-bond donors (Lipinski definition) is 4. The van der Waals surface area contributed by atoms with E-state index in [0.717, 1.165) is 6.07 Å². The van der Waals surface area contributed by atoms with Crippen LogP contribution in [0, 0.1) is 0 Å². The maximum absolute atomic E-state index is 14.3. The Kier molecular flexibility index (Phi) is 8.06. The van der Waals surface area contributed by atoms with Gasteiger partial charge in [-0.15, -0.1) is 0 Å². The second-order valence-electron chi connectivity index (χ2n) is 14.0. The maximum atomic E-state index is 14.3. The molecule has 3 aliphatic heterocycles. The number of aromatic hydroxyl groups is 2. The van der Waals surface area contributed by atoms with Crippen LogP contribution < -0.4 is 10.7 Å². The molecular weight excluding hydrogens is 638 g/mol. The number of fused-ring (bicyclic) bond motifs is 4. The number of nitrogens with one attached hydrogen (secondary N) is 1. The van der Waals surface area contributed by atoms with E-state index in [-0.39, 0.29) is 50.7 Å². The fourth-order valence-electron chi connectivity index (χ4n) is 7.69. The van der Waals surface area contributed by atoms with Crippen molar-refractivity contribution in [3.8, 4) is 11.5 Å². The Morgan fingerprint density at radius 1 is 0.959 bits per heavy atom.